The largest absolute Gasteiger partial charge is 0.243 e. The van der Waals surface area contributed by atoms with Crippen molar-refractivity contribution in [3.63, 3.8) is 0 Å². The van der Waals surface area contributed by atoms with Gasteiger partial charge in [0.15, 0.2) is 0 Å². The average molecular weight is 372 g/mol. The molecule has 0 N–H and O–H groups in total. The summed E-state index contributed by atoms with van der Waals surface area (Å²) in [6, 6.07) is 17.6. The molecule has 0 aliphatic carbocycles. The predicted molar refractivity (Wildman–Crippen MR) is 107 cm³/mol. The summed E-state index contributed by atoms with van der Waals surface area (Å²) >= 11 is 0. The molecule has 140 valence electrons. The monoisotopic (exact) mass is 371 g/mol. The van der Waals surface area contributed by atoms with Crippen LogP contribution < -0.4 is 0 Å². The summed E-state index contributed by atoms with van der Waals surface area (Å²) in [5.41, 5.74) is 2.33. The first kappa shape index (κ1) is 19.1. The third kappa shape index (κ3) is 4.02. The summed E-state index contributed by atoms with van der Waals surface area (Å²) in [5.74, 6) is 0.304. The van der Waals surface area contributed by atoms with Crippen molar-refractivity contribution in [1.82, 2.24) is 4.31 Å². The van der Waals surface area contributed by atoms with E-state index in [-0.39, 0.29) is 6.04 Å². The van der Waals surface area contributed by atoms with Gasteiger partial charge in [0, 0.05) is 18.5 Å². The van der Waals surface area contributed by atoms with Gasteiger partial charge < -0.3 is 0 Å². The zero-order valence-corrected chi connectivity index (χ0v) is 16.6. The first-order valence-electron chi connectivity index (χ1n) is 9.67. The molecule has 1 aliphatic heterocycles. The average Bonchev–Trinajstić information content (AvgIpc) is 2.62. The second-order valence-electron chi connectivity index (χ2n) is 7.32. The summed E-state index contributed by atoms with van der Waals surface area (Å²) < 4.78 is 28.0. The van der Waals surface area contributed by atoms with Gasteiger partial charge in [-0.1, -0.05) is 80.6 Å². The Kier molecular flexibility index (Phi) is 6.15. The lowest BCUT2D eigenvalue weighted by atomic mass is 9.82. The topological polar surface area (TPSA) is 37.4 Å². The van der Waals surface area contributed by atoms with Gasteiger partial charge in [-0.2, -0.15) is 4.31 Å². The van der Waals surface area contributed by atoms with Crippen LogP contribution in [0, 0.1) is 6.92 Å². The van der Waals surface area contributed by atoms with Crippen molar-refractivity contribution in [3.8, 4) is 0 Å². The first-order chi connectivity index (χ1) is 12.5. The predicted octanol–water partition coefficient (Wildman–Crippen LogP) is 5.12. The Labute approximate surface area is 158 Å². The molecule has 0 spiro atoms. The Morgan fingerprint density at radius 3 is 2.31 bits per heavy atom. The molecule has 0 saturated carbocycles. The van der Waals surface area contributed by atoms with E-state index in [4.69, 9.17) is 0 Å². The highest BCUT2D eigenvalue weighted by molar-refractivity contribution is 7.89. The highest BCUT2D eigenvalue weighted by Gasteiger charge is 2.46. The van der Waals surface area contributed by atoms with Crippen LogP contribution in [0.4, 0.5) is 0 Å². The van der Waals surface area contributed by atoms with E-state index in [1.807, 2.05) is 37.3 Å². The number of sulfonamides is 1. The van der Waals surface area contributed by atoms with Gasteiger partial charge in [0.1, 0.15) is 0 Å². The molecule has 4 heteroatoms. The van der Waals surface area contributed by atoms with Crippen LogP contribution in [-0.2, 0) is 10.0 Å². The lowest BCUT2D eigenvalue weighted by Gasteiger charge is -2.47. The van der Waals surface area contributed by atoms with Crippen molar-refractivity contribution in [2.75, 3.05) is 6.54 Å². The third-order valence-electron chi connectivity index (χ3n) is 5.42. The van der Waals surface area contributed by atoms with Gasteiger partial charge in [0.05, 0.1) is 4.90 Å². The van der Waals surface area contributed by atoms with Crippen LogP contribution in [0.25, 0.3) is 0 Å². The second kappa shape index (κ2) is 8.36. The molecule has 2 atom stereocenters. The van der Waals surface area contributed by atoms with Gasteiger partial charge in [-0.05, 0) is 31.0 Å². The first-order valence-corrected chi connectivity index (χ1v) is 11.1. The normalized spacial score (nSPS) is 20.7. The molecule has 1 aliphatic rings. The Morgan fingerprint density at radius 2 is 1.65 bits per heavy atom. The minimum Gasteiger partial charge on any atom is -0.207 e. The molecule has 3 nitrogen and oxygen atoms in total. The number of aryl methyl sites for hydroxylation is 1. The van der Waals surface area contributed by atoms with E-state index in [0.29, 0.717) is 17.4 Å². The maximum atomic E-state index is 13.1. The molecule has 1 heterocycles. The number of rotatable bonds is 8. The van der Waals surface area contributed by atoms with E-state index in [9.17, 15) is 8.42 Å². The number of unbranched alkanes of at least 4 members (excludes halogenated alkanes) is 3. The molecule has 0 aromatic heterocycles. The highest BCUT2D eigenvalue weighted by atomic mass is 32.2. The standard InChI is InChI=1S/C22H29NO2S/c1-3-4-5-9-12-22-21(19-10-7-6-8-11-19)17-23(22)26(24,25)20-15-13-18(2)14-16-20/h6-8,10-11,13-16,21-22H,3-5,9,12,17H2,1-2H3/t21-,22-/m1/s1. The zero-order chi connectivity index (χ0) is 18.6. The number of benzene rings is 2. The molecule has 2 aromatic carbocycles. The van der Waals surface area contributed by atoms with Crippen LogP contribution in [-0.4, -0.2) is 25.3 Å². The summed E-state index contributed by atoms with van der Waals surface area (Å²) in [4.78, 5) is 0.410. The molecule has 1 saturated heterocycles. The Balaban J connectivity index is 1.80. The quantitative estimate of drug-likeness (QED) is 0.604. The van der Waals surface area contributed by atoms with E-state index in [2.05, 4.69) is 19.1 Å². The summed E-state index contributed by atoms with van der Waals surface area (Å²) in [6.07, 6.45) is 5.60. The van der Waals surface area contributed by atoms with Crippen LogP contribution in [0.2, 0.25) is 0 Å². The fraction of sp³-hybridized carbons (Fsp3) is 0.455. The van der Waals surface area contributed by atoms with Crippen molar-refractivity contribution in [3.05, 3.63) is 65.7 Å². The molecule has 0 bridgehead atoms. The van der Waals surface area contributed by atoms with Crippen LogP contribution >= 0.6 is 0 Å². The molecule has 3 rings (SSSR count). The van der Waals surface area contributed by atoms with Crippen LogP contribution in [0.15, 0.2) is 59.5 Å². The number of hydrogen-bond donors (Lipinski definition) is 0. The summed E-state index contributed by atoms with van der Waals surface area (Å²) in [6.45, 7) is 4.75. The van der Waals surface area contributed by atoms with Crippen LogP contribution in [0.5, 0.6) is 0 Å². The fourth-order valence-electron chi connectivity index (χ4n) is 3.79. The van der Waals surface area contributed by atoms with E-state index >= 15 is 0 Å². The summed E-state index contributed by atoms with van der Waals surface area (Å²) in [5, 5.41) is 0. The Bertz CT molecular complexity index is 800. The Hall–Kier alpha value is -1.65. The summed E-state index contributed by atoms with van der Waals surface area (Å²) in [7, 11) is -3.42. The molecule has 0 amide bonds. The van der Waals surface area contributed by atoms with Crippen molar-refractivity contribution >= 4 is 10.0 Å². The maximum absolute atomic E-state index is 13.1. The lowest BCUT2D eigenvalue weighted by Crippen LogP contribution is -2.56. The zero-order valence-electron chi connectivity index (χ0n) is 15.8. The van der Waals surface area contributed by atoms with Crippen molar-refractivity contribution < 1.29 is 8.42 Å². The van der Waals surface area contributed by atoms with Gasteiger partial charge in [-0.15, -0.1) is 0 Å². The van der Waals surface area contributed by atoms with Crippen molar-refractivity contribution in [2.24, 2.45) is 0 Å². The molecular formula is C22H29NO2S. The molecule has 0 unspecified atom stereocenters. The van der Waals surface area contributed by atoms with Gasteiger partial charge in [0.2, 0.25) is 10.0 Å². The number of hydrogen-bond acceptors (Lipinski definition) is 2. The molecule has 1 fully saturated rings. The van der Waals surface area contributed by atoms with E-state index < -0.39 is 10.0 Å². The van der Waals surface area contributed by atoms with E-state index in [1.165, 1.54) is 24.8 Å². The minimum atomic E-state index is -3.42. The Morgan fingerprint density at radius 1 is 0.962 bits per heavy atom. The van der Waals surface area contributed by atoms with E-state index in [0.717, 1.165) is 18.4 Å². The SMILES string of the molecule is CCCCCC[C@@H]1[C@@H](c2ccccc2)CN1S(=O)(=O)c1ccc(C)cc1. The smallest absolute Gasteiger partial charge is 0.207 e. The molecule has 0 radical (unpaired) electrons. The van der Waals surface area contributed by atoms with Gasteiger partial charge >= 0.3 is 0 Å². The lowest BCUT2D eigenvalue weighted by molar-refractivity contribution is 0.145. The van der Waals surface area contributed by atoms with Crippen LogP contribution in [0.1, 0.15) is 56.1 Å². The third-order valence-corrected chi connectivity index (χ3v) is 7.32. The maximum Gasteiger partial charge on any atom is 0.243 e. The van der Waals surface area contributed by atoms with Crippen molar-refractivity contribution in [2.45, 2.75) is 62.8 Å². The number of nitrogens with zero attached hydrogens (tertiary/aromatic N) is 1. The second-order valence-corrected chi connectivity index (χ2v) is 9.21. The van der Waals surface area contributed by atoms with E-state index in [1.54, 1.807) is 16.4 Å². The van der Waals surface area contributed by atoms with Crippen molar-refractivity contribution in [1.29, 1.82) is 0 Å². The fourth-order valence-corrected chi connectivity index (χ4v) is 5.51. The minimum absolute atomic E-state index is 0.0700. The van der Waals surface area contributed by atoms with Gasteiger partial charge in [-0.3, -0.25) is 0 Å². The molecule has 2 aromatic rings. The van der Waals surface area contributed by atoms with Gasteiger partial charge in [0.25, 0.3) is 0 Å². The molecular weight excluding hydrogens is 342 g/mol. The van der Waals surface area contributed by atoms with Crippen LogP contribution in [0.3, 0.4) is 0 Å². The highest BCUT2D eigenvalue weighted by Crippen LogP contribution is 2.40. The molecule has 26 heavy (non-hydrogen) atoms. The van der Waals surface area contributed by atoms with Gasteiger partial charge in [-0.25, -0.2) is 8.42 Å².